The first-order valence-corrected chi connectivity index (χ1v) is 8.37. The van der Waals surface area contributed by atoms with Crippen LogP contribution in [0.4, 0.5) is 5.69 Å². The van der Waals surface area contributed by atoms with Gasteiger partial charge in [0.15, 0.2) is 0 Å². The molecule has 9 heteroatoms. The van der Waals surface area contributed by atoms with Gasteiger partial charge < -0.3 is 14.8 Å². The molecule has 1 aliphatic rings. The number of benzene rings is 1. The molecule has 0 radical (unpaired) electrons. The van der Waals surface area contributed by atoms with Crippen LogP contribution in [0.2, 0.25) is 0 Å². The average molecular weight is 385 g/mol. The van der Waals surface area contributed by atoms with Gasteiger partial charge in [-0.2, -0.15) is 5.26 Å². The Morgan fingerprint density at radius 1 is 1.25 bits per heavy atom. The number of nitrogens with zero attached hydrogens (tertiary/aromatic N) is 2. The minimum absolute atomic E-state index is 0.0195. The molecule has 0 fully saturated rings. The van der Waals surface area contributed by atoms with Crippen molar-refractivity contribution >= 4 is 17.6 Å². The molecule has 2 rings (SSSR count). The predicted octanol–water partition coefficient (Wildman–Crippen LogP) is 2.46. The molecule has 1 aliphatic heterocycles. The van der Waals surface area contributed by atoms with Gasteiger partial charge in [0, 0.05) is 23.5 Å². The van der Waals surface area contributed by atoms with Crippen molar-refractivity contribution in [1.29, 1.82) is 5.26 Å². The Labute approximate surface area is 161 Å². The number of nitrogens with one attached hydrogen (secondary N) is 1. The molecule has 1 atom stereocenters. The smallest absolute Gasteiger partial charge is 0.336 e. The summed E-state index contributed by atoms with van der Waals surface area (Å²) in [5, 5.41) is 22.8. The third-order valence-corrected chi connectivity index (χ3v) is 4.25. The number of carbonyl (C=O) groups excluding carboxylic acids is 2. The fourth-order valence-corrected chi connectivity index (χ4v) is 3.06. The van der Waals surface area contributed by atoms with Crippen LogP contribution < -0.4 is 5.32 Å². The molecule has 1 aromatic rings. The highest BCUT2D eigenvalue weighted by molar-refractivity contribution is 5.99. The highest BCUT2D eigenvalue weighted by Crippen LogP contribution is 2.40. The highest BCUT2D eigenvalue weighted by atomic mass is 16.6. The maximum absolute atomic E-state index is 12.7. The topological polar surface area (TPSA) is 132 Å². The number of nitriles is 1. The van der Waals surface area contributed by atoms with Crippen molar-refractivity contribution in [3.8, 4) is 6.07 Å². The number of dihydropyridines is 1. The Kier molecular flexibility index (Phi) is 6.50. The summed E-state index contributed by atoms with van der Waals surface area (Å²) >= 11 is 0. The normalized spacial score (nSPS) is 16.1. The number of nitro benzene ring substituents is 1. The summed E-state index contributed by atoms with van der Waals surface area (Å²) in [5.41, 5.74) is 1.40. The largest absolute Gasteiger partial charge is 0.466 e. The van der Waals surface area contributed by atoms with Crippen LogP contribution in [-0.4, -0.2) is 30.6 Å². The van der Waals surface area contributed by atoms with E-state index in [2.05, 4.69) is 5.32 Å². The predicted molar refractivity (Wildman–Crippen MR) is 97.6 cm³/mol. The van der Waals surface area contributed by atoms with E-state index in [9.17, 15) is 19.7 Å². The van der Waals surface area contributed by atoms with Crippen molar-refractivity contribution in [2.45, 2.75) is 26.2 Å². The van der Waals surface area contributed by atoms with Gasteiger partial charge in [-0.1, -0.05) is 12.1 Å². The van der Waals surface area contributed by atoms with Gasteiger partial charge in [0.05, 0.1) is 41.6 Å². The molecule has 146 valence electrons. The lowest BCUT2D eigenvalue weighted by Gasteiger charge is -2.30. The Morgan fingerprint density at radius 2 is 1.89 bits per heavy atom. The van der Waals surface area contributed by atoms with E-state index in [1.165, 1.54) is 25.3 Å². The van der Waals surface area contributed by atoms with Crippen LogP contribution in [0, 0.1) is 21.4 Å². The maximum atomic E-state index is 12.7. The fourth-order valence-electron chi connectivity index (χ4n) is 3.06. The van der Waals surface area contributed by atoms with Gasteiger partial charge in [0.2, 0.25) is 0 Å². The zero-order valence-corrected chi connectivity index (χ0v) is 15.6. The number of non-ortho nitro benzene ring substituents is 1. The van der Waals surface area contributed by atoms with E-state index in [1.54, 1.807) is 19.9 Å². The molecule has 0 spiro atoms. The first kappa shape index (κ1) is 20.6. The minimum Gasteiger partial charge on any atom is -0.466 e. The molecular formula is C19H19N3O6. The first-order valence-electron chi connectivity index (χ1n) is 8.37. The van der Waals surface area contributed by atoms with E-state index < -0.39 is 22.8 Å². The third-order valence-electron chi connectivity index (χ3n) is 4.25. The molecule has 28 heavy (non-hydrogen) atoms. The number of esters is 2. The van der Waals surface area contributed by atoms with Crippen molar-refractivity contribution < 1.29 is 24.0 Å². The summed E-state index contributed by atoms with van der Waals surface area (Å²) in [6.45, 7) is 3.19. The third kappa shape index (κ3) is 4.17. The van der Waals surface area contributed by atoms with Crippen LogP contribution >= 0.6 is 0 Å². The van der Waals surface area contributed by atoms with Gasteiger partial charge in [-0.15, -0.1) is 0 Å². The number of rotatable bonds is 6. The monoisotopic (exact) mass is 385 g/mol. The summed E-state index contributed by atoms with van der Waals surface area (Å²) in [4.78, 5) is 35.8. The molecule has 0 aliphatic carbocycles. The quantitative estimate of drug-likeness (QED) is 0.342. The second-order valence-electron chi connectivity index (χ2n) is 6.02. The number of nitro groups is 1. The number of methoxy groups -OCH3 is 1. The lowest BCUT2D eigenvalue weighted by molar-refractivity contribution is -0.384. The molecule has 0 bridgehead atoms. The Morgan fingerprint density at radius 3 is 2.46 bits per heavy atom. The lowest BCUT2D eigenvalue weighted by Crippen LogP contribution is -2.32. The standard InChI is InChI=1S/C19H19N3O6/c1-11-15(18(23)27-3)17(13-6-4-7-14(10-13)22(25)26)16(12(2)21-11)19(24)28-9-5-8-20/h4,6-7,10,17,21H,5,9H2,1-3H3/t17-/m0/s1. The highest BCUT2D eigenvalue weighted by Gasteiger charge is 2.38. The van der Waals surface area contributed by atoms with E-state index in [-0.39, 0.29) is 29.9 Å². The number of allylic oxidation sites excluding steroid dienone is 2. The van der Waals surface area contributed by atoms with Gasteiger partial charge in [0.25, 0.3) is 5.69 Å². The number of hydrogen-bond acceptors (Lipinski definition) is 8. The van der Waals surface area contributed by atoms with Gasteiger partial charge in [0.1, 0.15) is 6.61 Å². The molecule has 0 aromatic heterocycles. The van der Waals surface area contributed by atoms with Gasteiger partial charge in [-0.3, -0.25) is 10.1 Å². The van der Waals surface area contributed by atoms with E-state index in [0.717, 1.165) is 0 Å². The van der Waals surface area contributed by atoms with Crippen molar-refractivity contribution in [2.75, 3.05) is 13.7 Å². The Bertz CT molecular complexity index is 926. The second kappa shape index (κ2) is 8.81. The summed E-state index contributed by atoms with van der Waals surface area (Å²) in [5.74, 6) is -2.30. The molecule has 0 saturated carbocycles. The number of carbonyl (C=O) groups is 2. The summed E-state index contributed by atoms with van der Waals surface area (Å²) in [6.07, 6.45) is 0.0195. The van der Waals surface area contributed by atoms with Crippen molar-refractivity contribution in [3.63, 3.8) is 0 Å². The molecule has 1 aromatic carbocycles. The van der Waals surface area contributed by atoms with E-state index in [1.807, 2.05) is 6.07 Å². The van der Waals surface area contributed by atoms with Crippen LogP contribution in [0.15, 0.2) is 46.8 Å². The summed E-state index contributed by atoms with van der Waals surface area (Å²) < 4.78 is 10.0. The number of ether oxygens (including phenoxy) is 2. The van der Waals surface area contributed by atoms with E-state index in [0.29, 0.717) is 17.0 Å². The van der Waals surface area contributed by atoms with Gasteiger partial charge in [-0.25, -0.2) is 9.59 Å². The van der Waals surface area contributed by atoms with Crippen molar-refractivity contribution in [2.24, 2.45) is 0 Å². The Hall–Kier alpha value is -3.67. The summed E-state index contributed by atoms with van der Waals surface area (Å²) in [6, 6.07) is 7.58. The van der Waals surface area contributed by atoms with E-state index >= 15 is 0 Å². The van der Waals surface area contributed by atoms with Crippen LogP contribution in [0.1, 0.15) is 31.7 Å². The van der Waals surface area contributed by atoms with Gasteiger partial charge in [-0.05, 0) is 19.4 Å². The van der Waals surface area contributed by atoms with Crippen LogP contribution in [0.25, 0.3) is 0 Å². The number of hydrogen-bond donors (Lipinski definition) is 1. The second-order valence-corrected chi connectivity index (χ2v) is 6.02. The Balaban J connectivity index is 2.61. The zero-order valence-electron chi connectivity index (χ0n) is 15.6. The molecule has 0 unspecified atom stereocenters. The van der Waals surface area contributed by atoms with Gasteiger partial charge >= 0.3 is 11.9 Å². The maximum Gasteiger partial charge on any atom is 0.336 e. The van der Waals surface area contributed by atoms with Crippen molar-refractivity contribution in [3.05, 3.63) is 62.5 Å². The van der Waals surface area contributed by atoms with E-state index in [4.69, 9.17) is 14.7 Å². The average Bonchev–Trinajstić information content (AvgIpc) is 2.67. The lowest BCUT2D eigenvalue weighted by atomic mass is 9.80. The van der Waals surface area contributed by atoms with Crippen molar-refractivity contribution in [1.82, 2.24) is 5.32 Å². The molecule has 0 saturated heterocycles. The fraction of sp³-hybridized carbons (Fsp3) is 0.316. The molecule has 0 amide bonds. The minimum atomic E-state index is -0.914. The van der Waals surface area contributed by atoms with Crippen LogP contribution in [0.3, 0.4) is 0 Å². The molecule has 1 heterocycles. The molecule has 9 nitrogen and oxygen atoms in total. The summed E-state index contributed by atoms with van der Waals surface area (Å²) in [7, 11) is 1.21. The van der Waals surface area contributed by atoms with Crippen LogP contribution in [0.5, 0.6) is 0 Å². The molecule has 1 N–H and O–H groups in total. The zero-order chi connectivity index (χ0) is 20.8. The molecular weight excluding hydrogens is 366 g/mol. The SMILES string of the molecule is COC(=O)C1=C(C)NC(C)=C(C(=O)OCCC#N)[C@H]1c1cccc([N+](=O)[O-])c1. The van der Waals surface area contributed by atoms with Crippen LogP contribution in [-0.2, 0) is 19.1 Å². The first-order chi connectivity index (χ1) is 13.3.